The first-order chi connectivity index (χ1) is 10.4. The fourth-order valence-corrected chi connectivity index (χ4v) is 1.57. The second kappa shape index (κ2) is 11.2. The highest BCUT2D eigenvalue weighted by Crippen LogP contribution is 2.04. The number of hydrogen-bond acceptors (Lipinski definition) is 2. The number of rotatable bonds is 6. The molecule has 0 saturated heterocycles. The smallest absolute Gasteiger partial charge is 0.241 e. The number of likely N-dealkylation sites (N-methyl/N-ethyl adjacent to an activating group) is 1. The minimum Gasteiger partial charge on any atom is -0.354 e. The van der Waals surface area contributed by atoms with Crippen molar-refractivity contribution in [1.29, 1.82) is 0 Å². The first-order valence-electron chi connectivity index (χ1n) is 7.41. The third-order valence-electron chi connectivity index (χ3n) is 3.23. The van der Waals surface area contributed by atoms with Crippen LogP contribution in [0.3, 0.4) is 0 Å². The van der Waals surface area contributed by atoms with E-state index < -0.39 is 0 Å². The molecule has 5 nitrogen and oxygen atoms in total. The Labute approximate surface area is 154 Å². The summed E-state index contributed by atoms with van der Waals surface area (Å²) in [4.78, 5) is 17.6. The largest absolute Gasteiger partial charge is 0.354 e. The van der Waals surface area contributed by atoms with Crippen molar-refractivity contribution in [2.24, 2.45) is 4.99 Å². The quantitative estimate of drug-likeness (QED) is 0.409. The van der Waals surface area contributed by atoms with Crippen LogP contribution in [0.2, 0.25) is 0 Å². The molecule has 1 amide bonds. The van der Waals surface area contributed by atoms with Crippen molar-refractivity contribution in [3.05, 3.63) is 35.6 Å². The van der Waals surface area contributed by atoms with Gasteiger partial charge in [-0.25, -0.2) is 9.38 Å². The number of guanidine groups is 1. The molecule has 1 rings (SSSR count). The lowest BCUT2D eigenvalue weighted by molar-refractivity contribution is -0.127. The van der Waals surface area contributed by atoms with Gasteiger partial charge in [0.1, 0.15) is 5.82 Å². The van der Waals surface area contributed by atoms with Crippen molar-refractivity contribution in [1.82, 2.24) is 15.5 Å². The number of nitrogens with one attached hydrogen (secondary N) is 2. The van der Waals surface area contributed by atoms with E-state index in [1.54, 1.807) is 26.2 Å². The Morgan fingerprint density at radius 3 is 2.43 bits per heavy atom. The van der Waals surface area contributed by atoms with Crippen LogP contribution in [0.4, 0.5) is 4.39 Å². The highest BCUT2D eigenvalue weighted by Gasteiger charge is 2.07. The van der Waals surface area contributed by atoms with Crippen molar-refractivity contribution in [3.8, 4) is 0 Å². The van der Waals surface area contributed by atoms with Crippen LogP contribution < -0.4 is 10.6 Å². The highest BCUT2D eigenvalue weighted by molar-refractivity contribution is 14.0. The minimum absolute atomic E-state index is 0. The van der Waals surface area contributed by atoms with E-state index >= 15 is 0 Å². The van der Waals surface area contributed by atoms with Crippen molar-refractivity contribution in [2.75, 3.05) is 20.6 Å². The third kappa shape index (κ3) is 8.73. The molecule has 0 aliphatic rings. The number of carbonyl (C=O) groups is 1. The number of amides is 1. The second-order valence-electron chi connectivity index (χ2n) is 5.39. The standard InChI is InChI=1S/C16H25FN4O.HI/c1-5-12(2)20-16(19-11-15(22)21(3)4)18-10-13-6-8-14(17)9-7-13;/h6-9,12H,5,10-11H2,1-4H3,(H2,18,19,20);1H. The van der Waals surface area contributed by atoms with Gasteiger partial charge in [-0.1, -0.05) is 19.1 Å². The third-order valence-corrected chi connectivity index (χ3v) is 3.23. The van der Waals surface area contributed by atoms with Crippen LogP contribution in [0, 0.1) is 5.82 Å². The molecule has 0 aliphatic heterocycles. The average Bonchev–Trinajstić information content (AvgIpc) is 2.50. The summed E-state index contributed by atoms with van der Waals surface area (Å²) in [5, 5.41) is 6.26. The van der Waals surface area contributed by atoms with Crippen LogP contribution in [-0.4, -0.2) is 43.4 Å². The number of benzene rings is 1. The summed E-state index contributed by atoms with van der Waals surface area (Å²) in [7, 11) is 3.42. The summed E-state index contributed by atoms with van der Waals surface area (Å²) in [5.74, 6) is 0.287. The van der Waals surface area contributed by atoms with Gasteiger partial charge in [0.15, 0.2) is 5.96 Å². The Morgan fingerprint density at radius 2 is 1.91 bits per heavy atom. The number of aliphatic imine (C=N–C) groups is 1. The fraction of sp³-hybridized carbons (Fsp3) is 0.500. The fourth-order valence-electron chi connectivity index (χ4n) is 1.57. The SMILES string of the molecule is CCC(C)NC(=NCc1ccc(F)cc1)NCC(=O)N(C)C.I. The van der Waals surface area contributed by atoms with Gasteiger partial charge in [0, 0.05) is 20.1 Å². The maximum atomic E-state index is 12.9. The Balaban J connectivity index is 0.00000484. The minimum atomic E-state index is -0.264. The molecule has 0 fully saturated rings. The Kier molecular flexibility index (Phi) is 10.5. The molecule has 7 heteroatoms. The van der Waals surface area contributed by atoms with E-state index in [-0.39, 0.29) is 48.3 Å². The van der Waals surface area contributed by atoms with Crippen LogP contribution in [0.1, 0.15) is 25.8 Å². The number of halogens is 2. The number of nitrogens with zero attached hydrogens (tertiary/aromatic N) is 2. The number of carbonyl (C=O) groups excluding carboxylic acids is 1. The van der Waals surface area contributed by atoms with E-state index in [0.717, 1.165) is 12.0 Å². The van der Waals surface area contributed by atoms with Gasteiger partial charge in [0.2, 0.25) is 5.91 Å². The van der Waals surface area contributed by atoms with Gasteiger partial charge in [-0.05, 0) is 31.0 Å². The van der Waals surface area contributed by atoms with E-state index in [4.69, 9.17) is 0 Å². The van der Waals surface area contributed by atoms with Crippen LogP contribution in [0.25, 0.3) is 0 Å². The lowest BCUT2D eigenvalue weighted by Gasteiger charge is -2.18. The molecule has 1 aromatic carbocycles. The maximum Gasteiger partial charge on any atom is 0.241 e. The second-order valence-corrected chi connectivity index (χ2v) is 5.39. The molecule has 0 aromatic heterocycles. The van der Waals surface area contributed by atoms with Gasteiger partial charge in [-0.2, -0.15) is 0 Å². The molecule has 0 bridgehead atoms. The van der Waals surface area contributed by atoms with Gasteiger partial charge in [-0.15, -0.1) is 24.0 Å². The molecule has 0 heterocycles. The average molecular weight is 436 g/mol. The Bertz CT molecular complexity index is 505. The van der Waals surface area contributed by atoms with E-state index in [0.29, 0.717) is 12.5 Å². The molecule has 0 radical (unpaired) electrons. The van der Waals surface area contributed by atoms with E-state index in [1.165, 1.54) is 17.0 Å². The van der Waals surface area contributed by atoms with Crippen LogP contribution in [0.5, 0.6) is 0 Å². The predicted molar refractivity (Wildman–Crippen MR) is 103 cm³/mol. The first kappa shape index (κ1) is 21.6. The molecule has 130 valence electrons. The molecule has 2 N–H and O–H groups in total. The summed E-state index contributed by atoms with van der Waals surface area (Å²) in [6.45, 7) is 4.71. The molecule has 1 unspecified atom stereocenters. The van der Waals surface area contributed by atoms with Crippen LogP contribution in [-0.2, 0) is 11.3 Å². The van der Waals surface area contributed by atoms with Gasteiger partial charge in [0.05, 0.1) is 13.1 Å². The predicted octanol–water partition coefficient (Wildman–Crippen LogP) is 2.37. The van der Waals surface area contributed by atoms with Gasteiger partial charge < -0.3 is 15.5 Å². The van der Waals surface area contributed by atoms with E-state index in [9.17, 15) is 9.18 Å². The first-order valence-corrected chi connectivity index (χ1v) is 7.41. The van der Waals surface area contributed by atoms with Crippen molar-refractivity contribution < 1.29 is 9.18 Å². The lowest BCUT2D eigenvalue weighted by Crippen LogP contribution is -2.45. The zero-order valence-corrected chi connectivity index (χ0v) is 16.4. The molecule has 0 aliphatic carbocycles. The zero-order chi connectivity index (χ0) is 16.5. The summed E-state index contributed by atoms with van der Waals surface area (Å²) in [6, 6.07) is 6.47. The van der Waals surface area contributed by atoms with E-state index in [2.05, 4.69) is 22.5 Å². The van der Waals surface area contributed by atoms with Crippen molar-refractivity contribution >= 4 is 35.8 Å². The van der Waals surface area contributed by atoms with Crippen molar-refractivity contribution in [3.63, 3.8) is 0 Å². The molecule has 0 saturated carbocycles. The summed E-state index contributed by atoms with van der Waals surface area (Å²) in [5.41, 5.74) is 0.908. The Morgan fingerprint density at radius 1 is 1.30 bits per heavy atom. The maximum absolute atomic E-state index is 12.9. The lowest BCUT2D eigenvalue weighted by atomic mass is 10.2. The van der Waals surface area contributed by atoms with Crippen molar-refractivity contribution in [2.45, 2.75) is 32.9 Å². The molecule has 1 atom stereocenters. The summed E-state index contributed by atoms with van der Waals surface area (Å²) in [6.07, 6.45) is 0.943. The highest BCUT2D eigenvalue weighted by atomic mass is 127. The molecular formula is C16H26FIN4O. The molecule has 0 spiro atoms. The molecule has 23 heavy (non-hydrogen) atoms. The monoisotopic (exact) mass is 436 g/mol. The number of hydrogen-bond donors (Lipinski definition) is 2. The summed E-state index contributed by atoms with van der Waals surface area (Å²) < 4.78 is 12.9. The molecular weight excluding hydrogens is 410 g/mol. The normalized spacial score (nSPS) is 12.1. The van der Waals surface area contributed by atoms with Gasteiger partial charge >= 0.3 is 0 Å². The Hall–Kier alpha value is -1.38. The van der Waals surface area contributed by atoms with Gasteiger partial charge in [0.25, 0.3) is 0 Å². The zero-order valence-electron chi connectivity index (χ0n) is 14.1. The van der Waals surface area contributed by atoms with E-state index in [1.807, 2.05) is 6.92 Å². The van der Waals surface area contributed by atoms with Crippen LogP contribution >= 0.6 is 24.0 Å². The topological polar surface area (TPSA) is 56.7 Å². The van der Waals surface area contributed by atoms with Crippen LogP contribution in [0.15, 0.2) is 29.3 Å². The molecule has 1 aromatic rings. The van der Waals surface area contributed by atoms with Gasteiger partial charge in [-0.3, -0.25) is 4.79 Å². The summed E-state index contributed by atoms with van der Waals surface area (Å²) >= 11 is 0.